The summed E-state index contributed by atoms with van der Waals surface area (Å²) in [7, 11) is 0. The molecule has 3 rings (SSSR count). The first-order chi connectivity index (χ1) is 17.4. The van der Waals surface area contributed by atoms with Gasteiger partial charge in [0.2, 0.25) is 0 Å². The molecule has 188 valence electrons. The molecule has 0 unspecified atom stereocenters. The molecule has 0 aliphatic heterocycles. The first-order valence-corrected chi connectivity index (χ1v) is 11.8. The number of nitrogens with zero attached hydrogens (tertiary/aromatic N) is 1. The molecule has 3 aromatic rings. The Bertz CT molecular complexity index is 1250. The summed E-state index contributed by atoms with van der Waals surface area (Å²) >= 11 is 6.12. The summed E-state index contributed by atoms with van der Waals surface area (Å²) < 4.78 is 16.8. The van der Waals surface area contributed by atoms with Crippen LogP contribution in [0, 0.1) is 6.92 Å². The minimum atomic E-state index is -0.433. The van der Waals surface area contributed by atoms with Crippen LogP contribution in [0.2, 0.25) is 5.02 Å². The molecule has 3 aromatic carbocycles. The fraction of sp³-hybridized carbons (Fsp3) is 0.222. The number of aryl methyl sites for hydroxylation is 1. The van der Waals surface area contributed by atoms with Crippen LogP contribution in [0.25, 0.3) is 0 Å². The summed E-state index contributed by atoms with van der Waals surface area (Å²) in [5.41, 5.74) is 5.04. The zero-order chi connectivity index (χ0) is 25.9. The standard InChI is InChI=1S/C27H28ClN3O5/c1-4-34-24-11-9-19(15-25(24)35-5-2)27(33)31-29-16-20-14-21(28)10-12-23(20)36-17-26(32)30-22-8-6-7-18(3)13-22/h6-16H,4-5,17H2,1-3H3,(H,30,32)(H,31,33)/b29-16+. The van der Waals surface area contributed by atoms with Crippen molar-refractivity contribution < 1.29 is 23.8 Å². The number of rotatable bonds is 11. The Kier molecular flexibility index (Phi) is 9.71. The molecule has 2 amide bonds. The summed E-state index contributed by atoms with van der Waals surface area (Å²) in [4.78, 5) is 24.9. The maximum Gasteiger partial charge on any atom is 0.271 e. The molecule has 9 heteroatoms. The van der Waals surface area contributed by atoms with Gasteiger partial charge in [-0.3, -0.25) is 9.59 Å². The number of carbonyl (C=O) groups excluding carboxylic acids is 2. The molecule has 2 N–H and O–H groups in total. The molecule has 0 atom stereocenters. The zero-order valence-corrected chi connectivity index (χ0v) is 21.1. The van der Waals surface area contributed by atoms with Gasteiger partial charge in [0.25, 0.3) is 11.8 Å². The minimum absolute atomic E-state index is 0.213. The predicted molar refractivity (Wildman–Crippen MR) is 141 cm³/mol. The van der Waals surface area contributed by atoms with Gasteiger partial charge in [-0.25, -0.2) is 5.43 Å². The Balaban J connectivity index is 1.64. The molecule has 0 heterocycles. The maximum absolute atomic E-state index is 12.6. The highest BCUT2D eigenvalue weighted by Gasteiger charge is 2.12. The van der Waals surface area contributed by atoms with Crippen LogP contribution in [0.5, 0.6) is 17.2 Å². The van der Waals surface area contributed by atoms with Gasteiger partial charge in [-0.2, -0.15) is 5.10 Å². The smallest absolute Gasteiger partial charge is 0.271 e. The van der Waals surface area contributed by atoms with Crippen LogP contribution in [-0.4, -0.2) is 37.8 Å². The molecule has 36 heavy (non-hydrogen) atoms. The average molecular weight is 510 g/mol. The molecule has 0 bridgehead atoms. The second-order valence-corrected chi connectivity index (χ2v) is 8.05. The highest BCUT2D eigenvalue weighted by molar-refractivity contribution is 6.30. The van der Waals surface area contributed by atoms with E-state index < -0.39 is 5.91 Å². The van der Waals surface area contributed by atoms with E-state index in [9.17, 15) is 9.59 Å². The molecule has 0 aromatic heterocycles. The summed E-state index contributed by atoms with van der Waals surface area (Å²) in [5, 5.41) is 7.26. The summed E-state index contributed by atoms with van der Waals surface area (Å²) in [6.45, 7) is 6.36. The molecule has 0 saturated carbocycles. The van der Waals surface area contributed by atoms with E-state index in [1.54, 1.807) is 42.5 Å². The normalized spacial score (nSPS) is 10.7. The van der Waals surface area contributed by atoms with Gasteiger partial charge in [-0.15, -0.1) is 0 Å². The van der Waals surface area contributed by atoms with Gasteiger partial charge >= 0.3 is 0 Å². The Morgan fingerprint density at radius 3 is 2.42 bits per heavy atom. The van der Waals surface area contributed by atoms with Crippen LogP contribution in [0.4, 0.5) is 5.69 Å². The van der Waals surface area contributed by atoms with E-state index in [0.29, 0.717) is 52.3 Å². The fourth-order valence-electron chi connectivity index (χ4n) is 3.23. The lowest BCUT2D eigenvalue weighted by Crippen LogP contribution is -2.20. The van der Waals surface area contributed by atoms with Crippen molar-refractivity contribution in [1.29, 1.82) is 0 Å². The second-order valence-electron chi connectivity index (χ2n) is 7.62. The largest absolute Gasteiger partial charge is 0.490 e. The summed E-state index contributed by atoms with van der Waals surface area (Å²) in [6.07, 6.45) is 1.40. The summed E-state index contributed by atoms with van der Waals surface area (Å²) in [5.74, 6) is 0.679. The van der Waals surface area contributed by atoms with E-state index in [0.717, 1.165) is 5.56 Å². The number of nitrogens with one attached hydrogen (secondary N) is 2. The number of ether oxygens (including phenoxy) is 3. The van der Waals surface area contributed by atoms with Crippen molar-refractivity contribution in [3.63, 3.8) is 0 Å². The van der Waals surface area contributed by atoms with Crippen LogP contribution in [-0.2, 0) is 4.79 Å². The molecule has 0 spiro atoms. The highest BCUT2D eigenvalue weighted by atomic mass is 35.5. The number of halogens is 1. The third kappa shape index (κ3) is 7.74. The SMILES string of the molecule is CCOc1ccc(C(=O)N/N=C/c2cc(Cl)ccc2OCC(=O)Nc2cccc(C)c2)cc1OCC. The molecule has 0 radical (unpaired) electrons. The molecule has 8 nitrogen and oxygen atoms in total. The minimum Gasteiger partial charge on any atom is -0.490 e. The van der Waals surface area contributed by atoms with Gasteiger partial charge in [0.1, 0.15) is 5.75 Å². The third-order valence-electron chi connectivity index (χ3n) is 4.81. The first kappa shape index (κ1) is 26.6. The lowest BCUT2D eigenvalue weighted by Gasteiger charge is -2.12. The topological polar surface area (TPSA) is 98.3 Å². The van der Waals surface area contributed by atoms with Crippen LogP contribution in [0.15, 0.2) is 65.8 Å². The van der Waals surface area contributed by atoms with Crippen molar-refractivity contribution in [3.05, 3.63) is 82.4 Å². The van der Waals surface area contributed by atoms with Crippen LogP contribution < -0.4 is 25.0 Å². The van der Waals surface area contributed by atoms with Crippen molar-refractivity contribution in [2.75, 3.05) is 25.1 Å². The van der Waals surface area contributed by atoms with E-state index in [-0.39, 0.29) is 12.5 Å². The monoisotopic (exact) mass is 509 g/mol. The Morgan fingerprint density at radius 1 is 0.917 bits per heavy atom. The number of benzene rings is 3. The number of carbonyl (C=O) groups is 2. The molecular weight excluding hydrogens is 482 g/mol. The lowest BCUT2D eigenvalue weighted by molar-refractivity contribution is -0.118. The first-order valence-electron chi connectivity index (χ1n) is 11.4. The zero-order valence-electron chi connectivity index (χ0n) is 20.3. The third-order valence-corrected chi connectivity index (χ3v) is 5.04. The Hall–Kier alpha value is -4.04. The van der Waals surface area contributed by atoms with Crippen molar-refractivity contribution in [1.82, 2.24) is 5.43 Å². The number of anilines is 1. The van der Waals surface area contributed by atoms with Crippen molar-refractivity contribution in [3.8, 4) is 17.2 Å². The quantitative estimate of drug-likeness (QED) is 0.272. The molecule has 0 aliphatic rings. The number of hydrogen-bond acceptors (Lipinski definition) is 6. The number of hydrogen-bond donors (Lipinski definition) is 2. The van der Waals surface area contributed by atoms with E-state index >= 15 is 0 Å². The van der Waals surface area contributed by atoms with Gasteiger partial charge in [-0.1, -0.05) is 23.7 Å². The Labute approximate surface area is 215 Å². The summed E-state index contributed by atoms with van der Waals surface area (Å²) in [6, 6.07) is 17.3. The molecule has 0 fully saturated rings. The van der Waals surface area contributed by atoms with E-state index in [1.165, 1.54) is 6.21 Å². The molecule has 0 aliphatic carbocycles. The van der Waals surface area contributed by atoms with Crippen LogP contribution >= 0.6 is 11.6 Å². The molecule has 0 saturated heterocycles. The number of amides is 2. The van der Waals surface area contributed by atoms with Crippen LogP contribution in [0.1, 0.15) is 35.3 Å². The van der Waals surface area contributed by atoms with Gasteiger partial charge in [0, 0.05) is 21.8 Å². The fourth-order valence-corrected chi connectivity index (χ4v) is 3.41. The Morgan fingerprint density at radius 2 is 1.67 bits per heavy atom. The van der Waals surface area contributed by atoms with Gasteiger partial charge in [0.15, 0.2) is 18.1 Å². The van der Waals surface area contributed by atoms with E-state index in [4.69, 9.17) is 25.8 Å². The maximum atomic E-state index is 12.6. The van der Waals surface area contributed by atoms with Crippen molar-refractivity contribution >= 4 is 35.3 Å². The van der Waals surface area contributed by atoms with Gasteiger partial charge in [0.05, 0.1) is 19.4 Å². The molecular formula is C27H28ClN3O5. The predicted octanol–water partition coefficient (Wildman–Crippen LogP) is 5.23. The van der Waals surface area contributed by atoms with Crippen molar-refractivity contribution in [2.45, 2.75) is 20.8 Å². The van der Waals surface area contributed by atoms with Gasteiger partial charge in [-0.05, 0) is 74.9 Å². The van der Waals surface area contributed by atoms with Crippen LogP contribution in [0.3, 0.4) is 0 Å². The number of hydrazone groups is 1. The van der Waals surface area contributed by atoms with E-state index in [1.807, 2.05) is 39.0 Å². The van der Waals surface area contributed by atoms with Crippen molar-refractivity contribution in [2.24, 2.45) is 5.10 Å². The lowest BCUT2D eigenvalue weighted by atomic mass is 10.2. The van der Waals surface area contributed by atoms with Gasteiger partial charge < -0.3 is 19.5 Å². The highest BCUT2D eigenvalue weighted by Crippen LogP contribution is 2.28. The second kappa shape index (κ2) is 13.2. The average Bonchev–Trinajstić information content (AvgIpc) is 2.85. The van der Waals surface area contributed by atoms with E-state index in [2.05, 4.69) is 15.8 Å².